The first-order valence-electron chi connectivity index (χ1n) is 8.45. The molecule has 0 atom stereocenters. The first kappa shape index (κ1) is 16.6. The summed E-state index contributed by atoms with van der Waals surface area (Å²) >= 11 is 5.84. The van der Waals surface area contributed by atoms with Crippen LogP contribution in [0.3, 0.4) is 0 Å². The van der Waals surface area contributed by atoms with Crippen molar-refractivity contribution in [3.8, 4) is 5.75 Å². The van der Waals surface area contributed by atoms with Gasteiger partial charge in [0.1, 0.15) is 5.75 Å². The predicted octanol–water partition coefficient (Wildman–Crippen LogP) is 5.16. The van der Waals surface area contributed by atoms with Crippen LogP contribution in [-0.2, 0) is 0 Å². The minimum Gasteiger partial charge on any atom is -0.494 e. The summed E-state index contributed by atoms with van der Waals surface area (Å²) < 4.78 is 5.70. The molecule has 1 aromatic rings. The molecule has 0 spiro atoms. The number of halogens is 1. The van der Waals surface area contributed by atoms with Crippen molar-refractivity contribution in [1.82, 2.24) is 4.90 Å². The minimum absolute atomic E-state index is 0.760. The van der Waals surface area contributed by atoms with Gasteiger partial charge in [0.2, 0.25) is 0 Å². The van der Waals surface area contributed by atoms with Crippen LogP contribution in [0.25, 0.3) is 0 Å². The quantitative estimate of drug-likeness (QED) is 0.584. The molecule has 118 valence electrons. The average Bonchev–Trinajstić information content (AvgIpc) is 2.53. The zero-order chi connectivity index (χ0) is 14.8. The number of piperidine rings is 1. The van der Waals surface area contributed by atoms with E-state index in [2.05, 4.69) is 4.90 Å². The smallest absolute Gasteiger partial charge is 0.119 e. The van der Waals surface area contributed by atoms with Crippen molar-refractivity contribution in [3.63, 3.8) is 0 Å². The molecule has 1 heterocycles. The van der Waals surface area contributed by atoms with Gasteiger partial charge in [-0.15, -0.1) is 0 Å². The topological polar surface area (TPSA) is 12.5 Å². The van der Waals surface area contributed by atoms with Gasteiger partial charge in [0, 0.05) is 5.02 Å². The van der Waals surface area contributed by atoms with Crippen molar-refractivity contribution in [2.45, 2.75) is 51.4 Å². The first-order valence-corrected chi connectivity index (χ1v) is 8.83. The number of hydrogen-bond donors (Lipinski definition) is 0. The molecule has 0 amide bonds. The van der Waals surface area contributed by atoms with Crippen LogP contribution in [0.1, 0.15) is 51.4 Å². The van der Waals surface area contributed by atoms with Gasteiger partial charge in [0.25, 0.3) is 0 Å². The van der Waals surface area contributed by atoms with Crippen molar-refractivity contribution < 1.29 is 4.74 Å². The second kappa shape index (κ2) is 10.1. The van der Waals surface area contributed by atoms with Crippen LogP contribution in [0.15, 0.2) is 24.3 Å². The van der Waals surface area contributed by atoms with Crippen molar-refractivity contribution in [1.29, 1.82) is 0 Å². The van der Waals surface area contributed by atoms with E-state index in [1.807, 2.05) is 24.3 Å². The number of benzene rings is 1. The maximum absolute atomic E-state index is 5.84. The van der Waals surface area contributed by atoms with Crippen LogP contribution in [0.2, 0.25) is 5.02 Å². The normalized spacial score (nSPS) is 16.0. The van der Waals surface area contributed by atoms with Gasteiger partial charge in [-0.2, -0.15) is 0 Å². The van der Waals surface area contributed by atoms with E-state index in [9.17, 15) is 0 Å². The van der Waals surface area contributed by atoms with Gasteiger partial charge >= 0.3 is 0 Å². The highest BCUT2D eigenvalue weighted by Crippen LogP contribution is 2.16. The summed E-state index contributed by atoms with van der Waals surface area (Å²) in [6, 6.07) is 7.61. The van der Waals surface area contributed by atoms with E-state index in [0.717, 1.165) is 23.8 Å². The van der Waals surface area contributed by atoms with Crippen LogP contribution in [0, 0.1) is 0 Å². The zero-order valence-corrected chi connectivity index (χ0v) is 13.8. The van der Waals surface area contributed by atoms with Gasteiger partial charge < -0.3 is 9.64 Å². The molecule has 1 aliphatic heterocycles. The summed E-state index contributed by atoms with van der Waals surface area (Å²) in [5, 5.41) is 0.760. The Bertz CT molecular complexity index is 373. The molecule has 0 N–H and O–H groups in total. The van der Waals surface area contributed by atoms with E-state index < -0.39 is 0 Å². The molecular formula is C18H28ClNO. The molecule has 21 heavy (non-hydrogen) atoms. The Morgan fingerprint density at radius 3 is 2.29 bits per heavy atom. The van der Waals surface area contributed by atoms with Crippen LogP contribution >= 0.6 is 11.6 Å². The third-order valence-corrected chi connectivity index (χ3v) is 4.40. The Hall–Kier alpha value is -0.730. The minimum atomic E-state index is 0.760. The molecule has 3 heteroatoms. The zero-order valence-electron chi connectivity index (χ0n) is 13.0. The Morgan fingerprint density at radius 1 is 0.857 bits per heavy atom. The highest BCUT2D eigenvalue weighted by Gasteiger charge is 2.08. The second-order valence-corrected chi connectivity index (χ2v) is 6.41. The van der Waals surface area contributed by atoms with Crippen LogP contribution in [0.4, 0.5) is 0 Å². The van der Waals surface area contributed by atoms with Crippen molar-refractivity contribution in [3.05, 3.63) is 29.3 Å². The molecular weight excluding hydrogens is 282 g/mol. The van der Waals surface area contributed by atoms with Gasteiger partial charge in [-0.05, 0) is 69.6 Å². The lowest BCUT2D eigenvalue weighted by Gasteiger charge is -2.26. The highest BCUT2D eigenvalue weighted by molar-refractivity contribution is 6.30. The molecule has 1 aliphatic rings. The maximum atomic E-state index is 5.84. The number of nitrogens with zero attached hydrogens (tertiary/aromatic N) is 1. The molecule has 0 radical (unpaired) electrons. The Morgan fingerprint density at radius 2 is 1.52 bits per heavy atom. The lowest BCUT2D eigenvalue weighted by atomic mass is 10.1. The molecule has 0 aliphatic carbocycles. The van der Waals surface area contributed by atoms with E-state index in [0.29, 0.717) is 0 Å². The fraction of sp³-hybridized carbons (Fsp3) is 0.667. The van der Waals surface area contributed by atoms with Gasteiger partial charge in [0.05, 0.1) is 6.61 Å². The number of rotatable bonds is 9. The Labute approximate surface area is 134 Å². The average molecular weight is 310 g/mol. The third kappa shape index (κ3) is 7.19. The van der Waals surface area contributed by atoms with E-state index >= 15 is 0 Å². The predicted molar refractivity (Wildman–Crippen MR) is 90.3 cm³/mol. The largest absolute Gasteiger partial charge is 0.494 e. The molecule has 2 nitrogen and oxygen atoms in total. The number of hydrogen-bond acceptors (Lipinski definition) is 2. The third-order valence-electron chi connectivity index (χ3n) is 4.15. The molecule has 2 rings (SSSR count). The summed E-state index contributed by atoms with van der Waals surface area (Å²) in [5.41, 5.74) is 0. The van der Waals surface area contributed by atoms with Gasteiger partial charge in [-0.25, -0.2) is 0 Å². The Kier molecular flexibility index (Phi) is 7.98. The lowest BCUT2D eigenvalue weighted by Crippen LogP contribution is -2.30. The van der Waals surface area contributed by atoms with Crippen LogP contribution in [0.5, 0.6) is 5.75 Å². The van der Waals surface area contributed by atoms with Crippen LogP contribution in [-0.4, -0.2) is 31.1 Å². The summed E-state index contributed by atoms with van der Waals surface area (Å²) in [6.45, 7) is 4.78. The van der Waals surface area contributed by atoms with Gasteiger partial charge in [0.15, 0.2) is 0 Å². The fourth-order valence-corrected chi connectivity index (χ4v) is 3.00. The standard InChI is InChI=1S/C18H28ClNO/c19-17-9-11-18(12-10-17)21-16-8-3-1-2-5-13-20-14-6-4-7-15-20/h9-12H,1-8,13-16H2. The summed E-state index contributed by atoms with van der Waals surface area (Å²) in [7, 11) is 0. The Balaban J connectivity index is 1.40. The van der Waals surface area contributed by atoms with Gasteiger partial charge in [-0.1, -0.05) is 37.3 Å². The van der Waals surface area contributed by atoms with E-state index in [1.165, 1.54) is 64.6 Å². The number of unbranched alkanes of at least 4 members (excludes halogenated alkanes) is 4. The molecule has 1 fully saturated rings. The molecule has 0 aromatic heterocycles. The molecule has 0 saturated carbocycles. The summed E-state index contributed by atoms with van der Waals surface area (Å²) in [5.74, 6) is 0.921. The van der Waals surface area contributed by atoms with Crippen molar-refractivity contribution in [2.75, 3.05) is 26.2 Å². The summed E-state index contributed by atoms with van der Waals surface area (Å²) in [4.78, 5) is 2.63. The molecule has 0 bridgehead atoms. The van der Waals surface area contributed by atoms with E-state index in [4.69, 9.17) is 16.3 Å². The van der Waals surface area contributed by atoms with E-state index in [-0.39, 0.29) is 0 Å². The second-order valence-electron chi connectivity index (χ2n) is 5.97. The first-order chi connectivity index (χ1) is 10.3. The van der Waals surface area contributed by atoms with E-state index in [1.54, 1.807) is 0 Å². The number of likely N-dealkylation sites (tertiary alicyclic amines) is 1. The van der Waals surface area contributed by atoms with Crippen molar-refractivity contribution >= 4 is 11.6 Å². The van der Waals surface area contributed by atoms with Gasteiger partial charge in [-0.3, -0.25) is 0 Å². The van der Waals surface area contributed by atoms with Crippen LogP contribution < -0.4 is 4.74 Å². The summed E-state index contributed by atoms with van der Waals surface area (Å²) in [6.07, 6.45) is 10.7. The number of ether oxygens (including phenoxy) is 1. The fourth-order valence-electron chi connectivity index (χ4n) is 2.87. The monoisotopic (exact) mass is 309 g/mol. The maximum Gasteiger partial charge on any atom is 0.119 e. The molecule has 0 unspecified atom stereocenters. The molecule has 1 saturated heterocycles. The molecule has 1 aromatic carbocycles. The van der Waals surface area contributed by atoms with Crippen molar-refractivity contribution in [2.24, 2.45) is 0 Å². The lowest BCUT2D eigenvalue weighted by molar-refractivity contribution is 0.223. The highest BCUT2D eigenvalue weighted by atomic mass is 35.5. The SMILES string of the molecule is Clc1ccc(OCCCCCCCN2CCCCC2)cc1.